The van der Waals surface area contributed by atoms with Crippen LogP contribution in [0.15, 0.2) is 66.9 Å². The van der Waals surface area contributed by atoms with Crippen molar-refractivity contribution in [3.8, 4) is 11.9 Å². The van der Waals surface area contributed by atoms with Crippen LogP contribution in [-0.2, 0) is 11.2 Å². The Morgan fingerprint density at radius 2 is 1.95 bits per heavy atom. The number of nitrogens with zero attached hydrogens (tertiary/aromatic N) is 6. The van der Waals surface area contributed by atoms with Crippen LogP contribution in [0, 0.1) is 11.3 Å². The zero-order chi connectivity index (χ0) is 26.3. The number of nitriles is 1. The monoisotopic (exact) mass is 498 g/mol. The molecule has 4 aromatic rings. The first-order valence-electron chi connectivity index (χ1n) is 12.1. The van der Waals surface area contributed by atoms with Crippen molar-refractivity contribution in [1.29, 1.82) is 5.26 Å². The Kier molecular flexibility index (Phi) is 8.05. The normalized spacial score (nSPS) is 13.0. The number of pyridine rings is 1. The maximum absolute atomic E-state index is 12.9. The van der Waals surface area contributed by atoms with Crippen LogP contribution in [0.1, 0.15) is 50.2 Å². The number of tetrazole rings is 1. The van der Waals surface area contributed by atoms with Crippen LogP contribution in [0.2, 0.25) is 0 Å². The third kappa shape index (κ3) is 7.08. The van der Waals surface area contributed by atoms with Crippen molar-refractivity contribution >= 4 is 16.7 Å². The molecule has 0 aliphatic carbocycles. The smallest absolute Gasteiger partial charge is 0.222 e. The van der Waals surface area contributed by atoms with Crippen molar-refractivity contribution in [3.63, 3.8) is 0 Å². The van der Waals surface area contributed by atoms with Gasteiger partial charge in [0.1, 0.15) is 12.6 Å². The third-order valence-corrected chi connectivity index (χ3v) is 5.77. The van der Waals surface area contributed by atoms with Crippen molar-refractivity contribution < 1.29 is 9.53 Å². The highest BCUT2D eigenvalue weighted by molar-refractivity contribution is 5.83. The molecule has 3 N–H and O–H groups in total. The van der Waals surface area contributed by atoms with Crippen LogP contribution in [0.25, 0.3) is 10.8 Å². The molecule has 2 aromatic heterocycles. The summed E-state index contributed by atoms with van der Waals surface area (Å²) in [6.07, 6.45) is 2.32. The molecule has 0 aliphatic rings. The maximum Gasteiger partial charge on any atom is 0.222 e. The molecule has 2 aromatic carbocycles. The predicted molar refractivity (Wildman–Crippen MR) is 138 cm³/mol. The standard InChI is InChI=1S/C27H30N8O2/c1-27(2,29)17-24(36)31-23(16-19-10-11-20-7-3-4-8-21(20)15-19)26-32-33-34-35(26)22(12-13-28)18-37-25-9-5-6-14-30-25/h3-11,14-15,22-23H,12,16-18,29H2,1-2H3,(H,31,36)/t22-,23-/m1/s1. The zero-order valence-corrected chi connectivity index (χ0v) is 20.9. The van der Waals surface area contributed by atoms with E-state index in [-0.39, 0.29) is 25.4 Å². The van der Waals surface area contributed by atoms with E-state index < -0.39 is 17.6 Å². The number of carbonyl (C=O) groups is 1. The Hall–Kier alpha value is -4.36. The van der Waals surface area contributed by atoms with E-state index in [0.717, 1.165) is 16.3 Å². The summed E-state index contributed by atoms with van der Waals surface area (Å²) in [5, 5.41) is 27.1. The van der Waals surface area contributed by atoms with Gasteiger partial charge in [-0.3, -0.25) is 4.79 Å². The minimum Gasteiger partial charge on any atom is -0.475 e. The van der Waals surface area contributed by atoms with Gasteiger partial charge in [-0.05, 0) is 46.7 Å². The molecule has 0 unspecified atom stereocenters. The van der Waals surface area contributed by atoms with Crippen molar-refractivity contribution in [2.45, 2.75) is 50.7 Å². The van der Waals surface area contributed by atoms with E-state index in [1.165, 1.54) is 0 Å². The zero-order valence-electron chi connectivity index (χ0n) is 20.9. The number of amides is 1. The molecule has 2 atom stereocenters. The fourth-order valence-corrected chi connectivity index (χ4v) is 4.09. The summed E-state index contributed by atoms with van der Waals surface area (Å²) < 4.78 is 7.37. The quantitative estimate of drug-likeness (QED) is 0.320. The molecule has 10 nitrogen and oxygen atoms in total. The molecule has 10 heteroatoms. The van der Waals surface area contributed by atoms with Crippen molar-refractivity contribution in [2.75, 3.05) is 6.61 Å². The van der Waals surface area contributed by atoms with Gasteiger partial charge in [0.2, 0.25) is 11.8 Å². The molecule has 0 aliphatic heterocycles. The summed E-state index contributed by atoms with van der Waals surface area (Å²) in [7, 11) is 0. The van der Waals surface area contributed by atoms with Gasteiger partial charge in [0.15, 0.2) is 5.82 Å². The lowest BCUT2D eigenvalue weighted by Gasteiger charge is -2.24. The fourth-order valence-electron chi connectivity index (χ4n) is 4.09. The molecule has 190 valence electrons. The van der Waals surface area contributed by atoms with Gasteiger partial charge in [-0.25, -0.2) is 9.67 Å². The van der Waals surface area contributed by atoms with Gasteiger partial charge in [-0.15, -0.1) is 5.10 Å². The first kappa shape index (κ1) is 25.7. The number of hydrogen-bond acceptors (Lipinski definition) is 8. The first-order chi connectivity index (χ1) is 17.8. The topological polar surface area (TPSA) is 145 Å². The van der Waals surface area contributed by atoms with Gasteiger partial charge in [0.05, 0.1) is 18.5 Å². The average molecular weight is 499 g/mol. The summed E-state index contributed by atoms with van der Waals surface area (Å²) in [4.78, 5) is 17.1. The second-order valence-corrected chi connectivity index (χ2v) is 9.65. The number of nitrogens with two attached hydrogens (primary N) is 1. The van der Waals surface area contributed by atoms with Crippen LogP contribution in [-0.4, -0.2) is 43.2 Å². The second-order valence-electron chi connectivity index (χ2n) is 9.65. The van der Waals surface area contributed by atoms with E-state index in [4.69, 9.17) is 10.5 Å². The second kappa shape index (κ2) is 11.6. The number of rotatable bonds is 11. The van der Waals surface area contributed by atoms with Gasteiger partial charge in [-0.1, -0.05) is 48.5 Å². The van der Waals surface area contributed by atoms with Crippen LogP contribution in [0.4, 0.5) is 0 Å². The molecule has 0 bridgehead atoms. The van der Waals surface area contributed by atoms with E-state index >= 15 is 0 Å². The first-order valence-corrected chi connectivity index (χ1v) is 12.1. The molecule has 37 heavy (non-hydrogen) atoms. The van der Waals surface area contributed by atoms with E-state index in [1.54, 1.807) is 36.9 Å². The van der Waals surface area contributed by atoms with Crippen LogP contribution in [0.5, 0.6) is 5.88 Å². The highest BCUT2D eigenvalue weighted by atomic mass is 16.5. The van der Waals surface area contributed by atoms with E-state index in [9.17, 15) is 10.1 Å². The van der Waals surface area contributed by atoms with Gasteiger partial charge in [0, 0.05) is 30.6 Å². The summed E-state index contributed by atoms with van der Waals surface area (Å²) in [6.45, 7) is 3.73. The molecule has 2 heterocycles. The van der Waals surface area contributed by atoms with Crippen molar-refractivity contribution in [2.24, 2.45) is 5.73 Å². The van der Waals surface area contributed by atoms with E-state index in [0.29, 0.717) is 18.1 Å². The van der Waals surface area contributed by atoms with Crippen LogP contribution >= 0.6 is 0 Å². The lowest BCUT2D eigenvalue weighted by Crippen LogP contribution is -2.41. The average Bonchev–Trinajstić information content (AvgIpc) is 3.35. The predicted octanol–water partition coefficient (Wildman–Crippen LogP) is 3.28. The molecular formula is C27H30N8O2. The lowest BCUT2D eigenvalue weighted by atomic mass is 9.99. The molecule has 4 rings (SSSR count). The number of nitrogens with one attached hydrogen (secondary N) is 1. The van der Waals surface area contributed by atoms with Gasteiger partial charge in [-0.2, -0.15) is 5.26 Å². The van der Waals surface area contributed by atoms with Gasteiger partial charge in [0.25, 0.3) is 0 Å². The van der Waals surface area contributed by atoms with Crippen molar-refractivity contribution in [1.82, 2.24) is 30.5 Å². The van der Waals surface area contributed by atoms with Gasteiger partial charge >= 0.3 is 0 Å². The minimum atomic E-state index is -0.677. The van der Waals surface area contributed by atoms with Crippen LogP contribution < -0.4 is 15.8 Å². The number of ether oxygens (including phenoxy) is 1. The van der Waals surface area contributed by atoms with Crippen molar-refractivity contribution in [3.05, 3.63) is 78.2 Å². The van der Waals surface area contributed by atoms with E-state index in [1.807, 2.05) is 30.3 Å². The molecular weight excluding hydrogens is 468 g/mol. The number of fused-ring (bicyclic) bond motifs is 1. The molecule has 0 fully saturated rings. The molecule has 0 radical (unpaired) electrons. The minimum absolute atomic E-state index is 0.108. The summed E-state index contributed by atoms with van der Waals surface area (Å²) in [5.74, 6) is 0.655. The van der Waals surface area contributed by atoms with Crippen LogP contribution in [0.3, 0.4) is 0 Å². The van der Waals surface area contributed by atoms with E-state index in [2.05, 4.69) is 50.1 Å². The Labute approximate surface area is 215 Å². The molecule has 0 spiro atoms. The number of benzene rings is 2. The highest BCUT2D eigenvalue weighted by Crippen LogP contribution is 2.24. The number of hydrogen-bond donors (Lipinski definition) is 2. The molecule has 0 saturated carbocycles. The Bertz CT molecular complexity index is 1370. The maximum atomic E-state index is 12.9. The summed E-state index contributed by atoms with van der Waals surface area (Å²) >= 11 is 0. The summed E-state index contributed by atoms with van der Waals surface area (Å²) in [5.41, 5.74) is 6.42. The largest absolute Gasteiger partial charge is 0.475 e. The number of aromatic nitrogens is 5. The number of carbonyl (C=O) groups excluding carboxylic acids is 1. The third-order valence-electron chi connectivity index (χ3n) is 5.77. The Balaban J connectivity index is 1.63. The highest BCUT2D eigenvalue weighted by Gasteiger charge is 2.28. The lowest BCUT2D eigenvalue weighted by molar-refractivity contribution is -0.122. The molecule has 1 amide bonds. The summed E-state index contributed by atoms with van der Waals surface area (Å²) in [6, 6.07) is 20.7. The van der Waals surface area contributed by atoms with Gasteiger partial charge < -0.3 is 15.8 Å². The molecule has 0 saturated heterocycles. The Morgan fingerprint density at radius 1 is 1.16 bits per heavy atom. The Morgan fingerprint density at radius 3 is 2.68 bits per heavy atom. The SMILES string of the molecule is CC(C)(N)CC(=O)N[C@H](Cc1ccc2ccccc2c1)c1nnnn1[C@H](CC#N)COc1ccccn1. The fraction of sp³-hybridized carbons (Fsp3) is 0.333.